The van der Waals surface area contributed by atoms with E-state index in [4.69, 9.17) is 0 Å². The minimum atomic E-state index is -0.486. The van der Waals surface area contributed by atoms with E-state index in [1.807, 2.05) is 35.0 Å². The first-order chi connectivity index (χ1) is 14.0. The average Bonchev–Trinajstić information content (AvgIpc) is 3.45. The predicted molar refractivity (Wildman–Crippen MR) is 115 cm³/mol. The molecule has 1 fully saturated rings. The third kappa shape index (κ3) is 5.55. The molecule has 0 aromatic carbocycles. The Labute approximate surface area is 180 Å². The largest absolute Gasteiger partial charge is 0.350 e. The maximum atomic E-state index is 12.6. The first kappa shape index (κ1) is 21.3. The molecule has 10 heteroatoms. The monoisotopic (exact) mass is 449 g/mol. The van der Waals surface area contributed by atoms with Gasteiger partial charge in [-0.05, 0) is 47.7 Å². The van der Waals surface area contributed by atoms with Gasteiger partial charge in [0.25, 0.3) is 11.1 Å². The van der Waals surface area contributed by atoms with Crippen molar-refractivity contribution in [2.45, 2.75) is 13.5 Å². The summed E-state index contributed by atoms with van der Waals surface area (Å²) in [4.78, 5) is 53.9. The highest BCUT2D eigenvalue weighted by Gasteiger charge is 2.37. The van der Waals surface area contributed by atoms with Crippen LogP contribution in [0.4, 0.5) is 4.79 Å². The fraction of sp³-hybridized carbons (Fsp3) is 0.263. The Morgan fingerprint density at radius 2 is 1.93 bits per heavy atom. The van der Waals surface area contributed by atoms with Gasteiger partial charge in [0.05, 0.1) is 18.0 Å². The lowest BCUT2D eigenvalue weighted by Gasteiger charge is -2.22. The SMILES string of the molecule is CCN(CC(=O)NCc1cccs1)C(=O)CN1C(=O)S/C(=C\c2cccs2)C1=O. The Hall–Kier alpha value is -2.43. The van der Waals surface area contributed by atoms with Gasteiger partial charge in [0.1, 0.15) is 6.54 Å². The third-order valence-corrected chi connectivity index (χ3v) is 6.70. The molecule has 4 amide bonds. The van der Waals surface area contributed by atoms with Crippen LogP contribution in [0.3, 0.4) is 0 Å². The van der Waals surface area contributed by atoms with Gasteiger partial charge in [-0.25, -0.2) is 0 Å². The minimum Gasteiger partial charge on any atom is -0.350 e. The molecule has 152 valence electrons. The molecule has 29 heavy (non-hydrogen) atoms. The van der Waals surface area contributed by atoms with Gasteiger partial charge >= 0.3 is 0 Å². The van der Waals surface area contributed by atoms with E-state index in [1.54, 1.807) is 13.0 Å². The number of hydrogen-bond acceptors (Lipinski definition) is 7. The van der Waals surface area contributed by atoms with Gasteiger partial charge in [0.2, 0.25) is 11.8 Å². The third-order valence-electron chi connectivity index (χ3n) is 4.09. The topological polar surface area (TPSA) is 86.8 Å². The zero-order valence-corrected chi connectivity index (χ0v) is 18.1. The molecule has 0 saturated carbocycles. The van der Waals surface area contributed by atoms with Crippen LogP contribution in [0.1, 0.15) is 16.7 Å². The van der Waals surface area contributed by atoms with E-state index in [-0.39, 0.29) is 19.0 Å². The van der Waals surface area contributed by atoms with Crippen molar-refractivity contribution < 1.29 is 19.2 Å². The summed E-state index contributed by atoms with van der Waals surface area (Å²) < 4.78 is 0. The van der Waals surface area contributed by atoms with E-state index in [0.29, 0.717) is 18.0 Å². The highest BCUT2D eigenvalue weighted by atomic mass is 32.2. The molecule has 3 heterocycles. The highest BCUT2D eigenvalue weighted by Crippen LogP contribution is 2.32. The molecule has 0 unspecified atom stereocenters. The van der Waals surface area contributed by atoms with E-state index in [2.05, 4.69) is 5.32 Å². The Morgan fingerprint density at radius 3 is 2.59 bits per heavy atom. The van der Waals surface area contributed by atoms with Crippen LogP contribution in [0.2, 0.25) is 0 Å². The molecule has 1 N–H and O–H groups in total. The lowest BCUT2D eigenvalue weighted by atomic mass is 10.3. The number of likely N-dealkylation sites (N-methyl/N-ethyl adjacent to an activating group) is 1. The van der Waals surface area contributed by atoms with E-state index in [9.17, 15) is 19.2 Å². The lowest BCUT2D eigenvalue weighted by Crippen LogP contribution is -2.45. The Bertz CT molecular complexity index is 923. The maximum Gasteiger partial charge on any atom is 0.294 e. The molecule has 1 aliphatic rings. The Kier molecular flexibility index (Phi) is 7.24. The van der Waals surface area contributed by atoms with Crippen LogP contribution in [0.25, 0.3) is 6.08 Å². The molecule has 7 nitrogen and oxygen atoms in total. The van der Waals surface area contributed by atoms with Crippen molar-refractivity contribution in [2.24, 2.45) is 0 Å². The van der Waals surface area contributed by atoms with E-state index < -0.39 is 17.1 Å². The molecule has 1 saturated heterocycles. The van der Waals surface area contributed by atoms with Crippen LogP contribution in [-0.2, 0) is 20.9 Å². The van der Waals surface area contributed by atoms with Crippen molar-refractivity contribution in [3.63, 3.8) is 0 Å². The molecule has 2 aromatic rings. The first-order valence-corrected chi connectivity index (χ1v) is 11.4. The van der Waals surface area contributed by atoms with Crippen molar-refractivity contribution in [1.29, 1.82) is 0 Å². The second-order valence-electron chi connectivity index (χ2n) is 6.05. The van der Waals surface area contributed by atoms with Gasteiger partial charge in [-0.15, -0.1) is 22.7 Å². The fourth-order valence-corrected chi connectivity index (χ4v) is 4.78. The van der Waals surface area contributed by atoms with Crippen molar-refractivity contribution in [2.75, 3.05) is 19.6 Å². The van der Waals surface area contributed by atoms with Crippen LogP contribution in [0.15, 0.2) is 39.9 Å². The number of carbonyl (C=O) groups is 4. The number of amides is 4. The van der Waals surface area contributed by atoms with E-state index in [0.717, 1.165) is 26.4 Å². The Balaban J connectivity index is 1.56. The summed E-state index contributed by atoms with van der Waals surface area (Å²) in [5.74, 6) is -1.22. The lowest BCUT2D eigenvalue weighted by molar-refractivity contribution is -0.138. The van der Waals surface area contributed by atoms with Crippen LogP contribution < -0.4 is 5.32 Å². The number of imide groups is 1. The van der Waals surface area contributed by atoms with E-state index in [1.165, 1.54) is 27.6 Å². The molecule has 0 spiro atoms. The number of carbonyl (C=O) groups excluding carboxylic acids is 4. The van der Waals surface area contributed by atoms with Crippen LogP contribution in [0, 0.1) is 0 Å². The summed E-state index contributed by atoms with van der Waals surface area (Å²) in [6, 6.07) is 7.51. The summed E-state index contributed by atoms with van der Waals surface area (Å²) in [5, 5.41) is 6.08. The fourth-order valence-electron chi connectivity index (χ4n) is 2.58. The molecular formula is C19H19N3O4S3. The second kappa shape index (κ2) is 9.86. The standard InChI is InChI=1S/C19H19N3O4S3/c1-2-21(11-16(23)20-10-14-6-4-8-28-14)17(24)12-22-18(25)15(29-19(22)26)9-13-5-3-7-27-13/h3-9H,2,10-12H2,1H3,(H,20,23)/b15-9-. The molecule has 3 rings (SSSR count). The number of rotatable bonds is 8. The second-order valence-corrected chi connectivity index (χ2v) is 9.05. The summed E-state index contributed by atoms with van der Waals surface area (Å²) >= 11 is 3.81. The molecule has 2 aromatic heterocycles. The summed E-state index contributed by atoms with van der Waals surface area (Å²) in [6.45, 7) is 1.95. The van der Waals surface area contributed by atoms with Gasteiger partial charge in [-0.3, -0.25) is 24.1 Å². The van der Waals surface area contributed by atoms with Gasteiger partial charge in [-0.2, -0.15) is 0 Å². The van der Waals surface area contributed by atoms with Gasteiger partial charge < -0.3 is 10.2 Å². The number of thioether (sulfide) groups is 1. The van der Waals surface area contributed by atoms with Crippen molar-refractivity contribution in [3.8, 4) is 0 Å². The number of hydrogen-bond donors (Lipinski definition) is 1. The van der Waals surface area contributed by atoms with Crippen molar-refractivity contribution >= 4 is 63.5 Å². The maximum absolute atomic E-state index is 12.6. The highest BCUT2D eigenvalue weighted by molar-refractivity contribution is 8.18. The van der Waals surface area contributed by atoms with Gasteiger partial charge in [-0.1, -0.05) is 12.1 Å². The van der Waals surface area contributed by atoms with Crippen molar-refractivity contribution in [1.82, 2.24) is 15.1 Å². The number of thiophene rings is 2. The van der Waals surface area contributed by atoms with Crippen molar-refractivity contribution in [3.05, 3.63) is 49.7 Å². The normalized spacial score (nSPS) is 15.2. The zero-order valence-electron chi connectivity index (χ0n) is 15.6. The summed E-state index contributed by atoms with van der Waals surface area (Å²) in [6.07, 6.45) is 1.65. The van der Waals surface area contributed by atoms with Gasteiger partial charge in [0, 0.05) is 16.3 Å². The van der Waals surface area contributed by atoms with E-state index >= 15 is 0 Å². The smallest absolute Gasteiger partial charge is 0.294 e. The van der Waals surface area contributed by atoms with Crippen LogP contribution in [0.5, 0.6) is 0 Å². The first-order valence-electron chi connectivity index (χ1n) is 8.83. The molecule has 0 radical (unpaired) electrons. The van der Waals surface area contributed by atoms with Gasteiger partial charge in [0.15, 0.2) is 0 Å². The zero-order chi connectivity index (χ0) is 20.8. The number of nitrogens with one attached hydrogen (secondary N) is 1. The average molecular weight is 450 g/mol. The van der Waals surface area contributed by atoms with Crippen LogP contribution >= 0.6 is 34.4 Å². The molecule has 0 aliphatic carbocycles. The Morgan fingerprint density at radius 1 is 1.17 bits per heavy atom. The predicted octanol–water partition coefficient (Wildman–Crippen LogP) is 3.01. The quantitative estimate of drug-likeness (QED) is 0.626. The van der Waals surface area contributed by atoms with Crippen LogP contribution in [-0.4, -0.2) is 52.4 Å². The molecule has 0 bridgehead atoms. The molecule has 0 atom stereocenters. The number of nitrogens with zero attached hydrogens (tertiary/aromatic N) is 2. The minimum absolute atomic E-state index is 0.123. The molecule has 1 aliphatic heterocycles. The summed E-state index contributed by atoms with van der Waals surface area (Å²) in [7, 11) is 0. The molecular weight excluding hydrogens is 430 g/mol. The summed E-state index contributed by atoms with van der Waals surface area (Å²) in [5.41, 5.74) is 0.